The van der Waals surface area contributed by atoms with E-state index in [4.69, 9.17) is 16.3 Å². The fraction of sp³-hybridized carbons (Fsp3) is 0.333. The number of rotatable bonds is 12. The number of aryl methyl sites for hydroxylation is 1. The van der Waals surface area contributed by atoms with Crippen LogP contribution in [0.3, 0.4) is 0 Å². The van der Waals surface area contributed by atoms with Gasteiger partial charge in [-0.2, -0.15) is 0 Å². The van der Waals surface area contributed by atoms with Crippen LogP contribution in [0.5, 0.6) is 5.75 Å². The van der Waals surface area contributed by atoms with Crippen molar-refractivity contribution in [3.63, 3.8) is 0 Å². The Morgan fingerprint density at radius 1 is 0.972 bits per heavy atom. The lowest BCUT2D eigenvalue weighted by Gasteiger charge is -2.32. The van der Waals surface area contributed by atoms with Gasteiger partial charge in [-0.25, -0.2) is 0 Å². The molecule has 0 unspecified atom stereocenters. The van der Waals surface area contributed by atoms with Gasteiger partial charge in [0.15, 0.2) is 6.61 Å². The molecule has 6 heteroatoms. The van der Waals surface area contributed by atoms with Crippen LogP contribution in [0, 0.1) is 13.8 Å². The topological polar surface area (TPSA) is 58.6 Å². The fourth-order valence-electron chi connectivity index (χ4n) is 3.97. The largest absolute Gasteiger partial charge is 0.483 e. The first kappa shape index (κ1) is 27.3. The molecule has 0 aliphatic heterocycles. The maximum atomic E-state index is 13.7. The van der Waals surface area contributed by atoms with Gasteiger partial charge in [-0.15, -0.1) is 0 Å². The summed E-state index contributed by atoms with van der Waals surface area (Å²) in [4.78, 5) is 28.7. The highest BCUT2D eigenvalue weighted by atomic mass is 35.5. The van der Waals surface area contributed by atoms with Crippen LogP contribution in [0.1, 0.15) is 42.0 Å². The molecule has 36 heavy (non-hydrogen) atoms. The molecule has 0 saturated carbocycles. The van der Waals surface area contributed by atoms with E-state index < -0.39 is 6.04 Å². The van der Waals surface area contributed by atoms with Crippen LogP contribution >= 0.6 is 11.6 Å². The zero-order chi connectivity index (χ0) is 25.9. The first-order valence-corrected chi connectivity index (χ1v) is 12.8. The zero-order valence-electron chi connectivity index (χ0n) is 21.3. The number of nitrogens with zero attached hydrogens (tertiary/aromatic N) is 1. The van der Waals surface area contributed by atoms with Crippen LogP contribution in [0.4, 0.5) is 0 Å². The van der Waals surface area contributed by atoms with Crippen molar-refractivity contribution < 1.29 is 14.3 Å². The smallest absolute Gasteiger partial charge is 0.261 e. The minimum absolute atomic E-state index is 0.178. The highest BCUT2D eigenvalue weighted by Gasteiger charge is 2.31. The third kappa shape index (κ3) is 7.59. The van der Waals surface area contributed by atoms with Crippen molar-refractivity contribution >= 4 is 23.4 Å². The molecule has 0 bridgehead atoms. The van der Waals surface area contributed by atoms with E-state index in [1.807, 2.05) is 80.6 Å². The van der Waals surface area contributed by atoms with Crippen LogP contribution in [0.25, 0.3) is 0 Å². The molecule has 3 aromatic carbocycles. The molecule has 0 aliphatic rings. The summed E-state index contributed by atoms with van der Waals surface area (Å²) >= 11 is 6.46. The number of benzene rings is 3. The predicted octanol–water partition coefficient (Wildman–Crippen LogP) is 5.89. The van der Waals surface area contributed by atoms with Gasteiger partial charge in [0, 0.05) is 24.5 Å². The van der Waals surface area contributed by atoms with Crippen LogP contribution in [-0.4, -0.2) is 35.9 Å². The van der Waals surface area contributed by atoms with Crippen LogP contribution in [0.15, 0.2) is 72.8 Å². The molecule has 0 heterocycles. The summed E-state index contributed by atoms with van der Waals surface area (Å²) < 4.78 is 5.95. The summed E-state index contributed by atoms with van der Waals surface area (Å²) in [6, 6.07) is 22.2. The predicted molar refractivity (Wildman–Crippen MR) is 145 cm³/mol. The molecular weight excluding hydrogens is 472 g/mol. The van der Waals surface area contributed by atoms with Gasteiger partial charge in [0.05, 0.1) is 0 Å². The van der Waals surface area contributed by atoms with E-state index in [9.17, 15) is 9.59 Å². The number of carbonyl (C=O) groups excluding carboxylic acids is 2. The van der Waals surface area contributed by atoms with Crippen molar-refractivity contribution in [2.75, 3.05) is 13.2 Å². The lowest BCUT2D eigenvalue weighted by Crippen LogP contribution is -2.51. The average Bonchev–Trinajstić information content (AvgIpc) is 2.88. The maximum absolute atomic E-state index is 13.7. The average molecular weight is 507 g/mol. The first-order valence-electron chi connectivity index (χ1n) is 12.4. The summed E-state index contributed by atoms with van der Waals surface area (Å²) in [6.07, 6.45) is 2.23. The van der Waals surface area contributed by atoms with Crippen LogP contribution in [0.2, 0.25) is 5.02 Å². The number of unbranched alkanes of at least 4 members (excludes halogenated alkanes) is 1. The van der Waals surface area contributed by atoms with Crippen molar-refractivity contribution in [3.8, 4) is 5.75 Å². The monoisotopic (exact) mass is 506 g/mol. The van der Waals surface area contributed by atoms with Crippen molar-refractivity contribution in [3.05, 3.63) is 100 Å². The SMILES string of the molecule is CCCCNC(=O)[C@@H](Cc1ccccc1)N(Cc1ccccc1Cl)C(=O)COc1cccc(C)c1C. The van der Waals surface area contributed by atoms with E-state index in [0.29, 0.717) is 23.7 Å². The van der Waals surface area contributed by atoms with Crippen LogP contribution < -0.4 is 10.1 Å². The molecule has 0 saturated heterocycles. The van der Waals surface area contributed by atoms with Gasteiger partial charge in [-0.05, 0) is 54.7 Å². The molecule has 0 fully saturated rings. The highest BCUT2D eigenvalue weighted by molar-refractivity contribution is 6.31. The number of hydrogen-bond acceptors (Lipinski definition) is 3. The van der Waals surface area contributed by atoms with Crippen molar-refractivity contribution in [2.45, 2.75) is 52.6 Å². The van der Waals surface area contributed by atoms with E-state index >= 15 is 0 Å². The molecule has 3 aromatic rings. The van der Waals surface area contributed by atoms with Gasteiger partial charge in [-0.3, -0.25) is 9.59 Å². The number of nitrogens with one attached hydrogen (secondary N) is 1. The Balaban J connectivity index is 1.91. The third-order valence-electron chi connectivity index (χ3n) is 6.31. The van der Waals surface area contributed by atoms with Crippen LogP contribution in [-0.2, 0) is 22.6 Å². The molecule has 5 nitrogen and oxygen atoms in total. The second-order valence-corrected chi connectivity index (χ2v) is 9.36. The normalized spacial score (nSPS) is 11.6. The van der Waals surface area contributed by atoms with E-state index in [2.05, 4.69) is 12.2 Å². The van der Waals surface area contributed by atoms with E-state index in [1.165, 1.54) is 0 Å². The van der Waals surface area contributed by atoms with Gasteiger partial charge >= 0.3 is 0 Å². The van der Waals surface area contributed by atoms with E-state index in [-0.39, 0.29) is 25.0 Å². The maximum Gasteiger partial charge on any atom is 0.261 e. The standard InChI is InChI=1S/C30H35ClN2O3/c1-4-5-18-32-30(35)27(19-24-13-7-6-8-14-24)33(20-25-15-9-10-16-26(25)31)29(34)21-36-28-17-11-12-22(2)23(28)3/h6-17,27H,4-5,18-21H2,1-3H3,(H,32,35)/t27-/m1/s1. The van der Waals surface area contributed by atoms with Gasteiger partial charge in [0.2, 0.25) is 5.91 Å². The van der Waals surface area contributed by atoms with Gasteiger partial charge in [0.25, 0.3) is 5.91 Å². The molecule has 190 valence electrons. The fourth-order valence-corrected chi connectivity index (χ4v) is 4.17. The summed E-state index contributed by atoms with van der Waals surface area (Å²) in [7, 11) is 0. The number of hydrogen-bond donors (Lipinski definition) is 1. The lowest BCUT2D eigenvalue weighted by atomic mass is 10.0. The van der Waals surface area contributed by atoms with Gasteiger partial charge in [0.1, 0.15) is 11.8 Å². The Morgan fingerprint density at radius 2 is 1.69 bits per heavy atom. The molecule has 1 N–H and O–H groups in total. The second kappa shape index (κ2) is 13.7. The lowest BCUT2D eigenvalue weighted by molar-refractivity contribution is -0.142. The second-order valence-electron chi connectivity index (χ2n) is 8.95. The van der Waals surface area contributed by atoms with Gasteiger partial charge in [-0.1, -0.05) is 85.6 Å². The number of halogens is 1. The van der Waals surface area contributed by atoms with Crippen molar-refractivity contribution in [1.82, 2.24) is 10.2 Å². The zero-order valence-corrected chi connectivity index (χ0v) is 22.1. The number of ether oxygens (including phenoxy) is 1. The first-order chi connectivity index (χ1) is 17.4. The number of amides is 2. The van der Waals surface area contributed by atoms with E-state index in [1.54, 1.807) is 11.0 Å². The third-order valence-corrected chi connectivity index (χ3v) is 6.67. The molecule has 0 radical (unpaired) electrons. The Kier molecular flexibility index (Phi) is 10.4. The summed E-state index contributed by atoms with van der Waals surface area (Å²) in [5, 5.41) is 3.57. The van der Waals surface area contributed by atoms with E-state index in [0.717, 1.165) is 35.1 Å². The summed E-state index contributed by atoms with van der Waals surface area (Å²) in [5.74, 6) is 0.204. The molecule has 0 aliphatic carbocycles. The summed E-state index contributed by atoms with van der Waals surface area (Å²) in [6.45, 7) is 6.63. The van der Waals surface area contributed by atoms with Crippen molar-refractivity contribution in [2.24, 2.45) is 0 Å². The minimum Gasteiger partial charge on any atom is -0.483 e. The summed E-state index contributed by atoms with van der Waals surface area (Å²) in [5.41, 5.74) is 3.82. The quantitative estimate of drug-likeness (QED) is 0.311. The molecule has 2 amide bonds. The Labute approximate surface area is 219 Å². The molecular formula is C30H35ClN2O3. The Bertz CT molecular complexity index is 1150. The van der Waals surface area contributed by atoms with Crippen molar-refractivity contribution in [1.29, 1.82) is 0 Å². The molecule has 3 rings (SSSR count). The van der Waals surface area contributed by atoms with Gasteiger partial charge < -0.3 is 15.0 Å². The number of carbonyl (C=O) groups is 2. The Hall–Kier alpha value is -3.31. The Morgan fingerprint density at radius 3 is 2.42 bits per heavy atom. The minimum atomic E-state index is -0.713. The molecule has 0 aromatic heterocycles. The highest BCUT2D eigenvalue weighted by Crippen LogP contribution is 2.23. The molecule has 0 spiro atoms. The molecule has 1 atom stereocenters.